The molecule has 0 atom stereocenters. The van der Waals surface area contributed by atoms with Crippen LogP contribution >= 0.6 is 0 Å². The Balaban J connectivity index is 2.76. The van der Waals surface area contributed by atoms with E-state index in [4.69, 9.17) is 0 Å². The van der Waals surface area contributed by atoms with Crippen LogP contribution in [-0.2, 0) is 6.54 Å². The van der Waals surface area contributed by atoms with Crippen molar-refractivity contribution in [3.05, 3.63) is 24.0 Å². The highest BCUT2D eigenvalue weighted by atomic mass is 15.1. The van der Waals surface area contributed by atoms with Crippen LogP contribution in [0.1, 0.15) is 26.3 Å². The highest BCUT2D eigenvalue weighted by molar-refractivity contribution is 5.51. The Morgan fingerprint density at radius 2 is 2.19 bits per heavy atom. The molecule has 0 spiro atoms. The summed E-state index contributed by atoms with van der Waals surface area (Å²) in [5, 5.41) is 3.35. The van der Waals surface area contributed by atoms with Crippen molar-refractivity contribution < 1.29 is 0 Å². The second kappa shape index (κ2) is 6.48. The van der Waals surface area contributed by atoms with E-state index in [0.717, 1.165) is 19.6 Å². The van der Waals surface area contributed by atoms with Crippen molar-refractivity contribution in [1.29, 1.82) is 0 Å². The minimum atomic E-state index is 0.671. The fourth-order valence-corrected chi connectivity index (χ4v) is 1.83. The molecule has 0 aliphatic rings. The number of anilines is 1. The number of hydrogen-bond donors (Lipinski definition) is 1. The van der Waals surface area contributed by atoms with Gasteiger partial charge >= 0.3 is 0 Å². The summed E-state index contributed by atoms with van der Waals surface area (Å²) in [6, 6.07) is 2.09. The molecule has 0 amide bonds. The van der Waals surface area contributed by atoms with Crippen molar-refractivity contribution in [1.82, 2.24) is 10.3 Å². The van der Waals surface area contributed by atoms with Crippen LogP contribution < -0.4 is 10.2 Å². The molecular formula is C13H23N3. The summed E-state index contributed by atoms with van der Waals surface area (Å²) in [6.07, 6.45) is 3.82. The van der Waals surface area contributed by atoms with E-state index < -0.39 is 0 Å². The first kappa shape index (κ1) is 13.0. The number of nitrogens with zero attached hydrogens (tertiary/aromatic N) is 2. The molecule has 3 heteroatoms. The van der Waals surface area contributed by atoms with Crippen LogP contribution in [0, 0.1) is 5.92 Å². The van der Waals surface area contributed by atoms with Gasteiger partial charge < -0.3 is 10.2 Å². The van der Waals surface area contributed by atoms with Gasteiger partial charge in [-0.2, -0.15) is 0 Å². The SMILES string of the molecule is CCNCc1cnccc1N(C)CC(C)C. The average molecular weight is 221 g/mol. The van der Waals surface area contributed by atoms with Crippen LogP contribution in [0.3, 0.4) is 0 Å². The third-order valence-electron chi connectivity index (χ3n) is 2.49. The standard InChI is InChI=1S/C13H23N3/c1-5-14-8-12-9-15-7-6-13(12)16(4)10-11(2)3/h6-7,9,11,14H,5,8,10H2,1-4H3. The maximum atomic E-state index is 4.19. The Hall–Kier alpha value is -1.09. The van der Waals surface area contributed by atoms with Crippen molar-refractivity contribution >= 4 is 5.69 Å². The third-order valence-corrected chi connectivity index (χ3v) is 2.49. The van der Waals surface area contributed by atoms with Crippen LogP contribution in [0.15, 0.2) is 18.5 Å². The number of nitrogens with one attached hydrogen (secondary N) is 1. The lowest BCUT2D eigenvalue weighted by Crippen LogP contribution is -2.25. The maximum absolute atomic E-state index is 4.19. The molecule has 1 rings (SSSR count). The molecular weight excluding hydrogens is 198 g/mol. The minimum absolute atomic E-state index is 0.671. The van der Waals surface area contributed by atoms with Gasteiger partial charge in [0.1, 0.15) is 0 Å². The highest BCUT2D eigenvalue weighted by Gasteiger charge is 2.08. The van der Waals surface area contributed by atoms with Crippen molar-refractivity contribution in [3.8, 4) is 0 Å². The number of hydrogen-bond acceptors (Lipinski definition) is 3. The Kier molecular flexibility index (Phi) is 5.26. The molecule has 0 saturated heterocycles. The first-order valence-electron chi connectivity index (χ1n) is 5.99. The van der Waals surface area contributed by atoms with Crippen molar-refractivity contribution in [2.75, 3.05) is 25.0 Å². The monoisotopic (exact) mass is 221 g/mol. The van der Waals surface area contributed by atoms with Gasteiger partial charge in [-0.15, -0.1) is 0 Å². The quantitative estimate of drug-likeness (QED) is 0.799. The smallest absolute Gasteiger partial charge is 0.0440 e. The van der Waals surface area contributed by atoms with E-state index in [1.165, 1.54) is 11.3 Å². The third kappa shape index (κ3) is 3.81. The van der Waals surface area contributed by atoms with Crippen LogP contribution in [0.2, 0.25) is 0 Å². The Morgan fingerprint density at radius 1 is 1.44 bits per heavy atom. The molecule has 3 nitrogen and oxygen atoms in total. The lowest BCUT2D eigenvalue weighted by atomic mass is 10.1. The topological polar surface area (TPSA) is 28.2 Å². The van der Waals surface area contributed by atoms with Crippen molar-refractivity contribution in [2.24, 2.45) is 5.92 Å². The first-order valence-corrected chi connectivity index (χ1v) is 5.99. The average Bonchev–Trinajstić information content (AvgIpc) is 2.25. The van der Waals surface area contributed by atoms with E-state index in [9.17, 15) is 0 Å². The summed E-state index contributed by atoms with van der Waals surface area (Å²) in [5.41, 5.74) is 2.55. The molecule has 1 aromatic heterocycles. The predicted molar refractivity (Wildman–Crippen MR) is 69.7 cm³/mol. The summed E-state index contributed by atoms with van der Waals surface area (Å²) in [6.45, 7) is 9.55. The second-order valence-electron chi connectivity index (χ2n) is 4.56. The zero-order valence-electron chi connectivity index (χ0n) is 10.8. The minimum Gasteiger partial charge on any atom is -0.374 e. The number of rotatable bonds is 6. The van der Waals surface area contributed by atoms with E-state index in [2.05, 4.69) is 49.1 Å². The van der Waals surface area contributed by atoms with Gasteiger partial charge in [0, 0.05) is 43.8 Å². The lowest BCUT2D eigenvalue weighted by molar-refractivity contribution is 0.634. The van der Waals surface area contributed by atoms with Gasteiger partial charge in [-0.1, -0.05) is 20.8 Å². The van der Waals surface area contributed by atoms with Crippen molar-refractivity contribution in [3.63, 3.8) is 0 Å². The van der Waals surface area contributed by atoms with Gasteiger partial charge in [0.15, 0.2) is 0 Å². The molecule has 16 heavy (non-hydrogen) atoms. The van der Waals surface area contributed by atoms with Crippen LogP contribution in [-0.4, -0.2) is 25.1 Å². The molecule has 0 aliphatic carbocycles. The molecule has 0 fully saturated rings. The van der Waals surface area contributed by atoms with Crippen molar-refractivity contribution in [2.45, 2.75) is 27.3 Å². The molecule has 0 aliphatic heterocycles. The summed E-state index contributed by atoms with van der Waals surface area (Å²) in [5.74, 6) is 0.671. The van der Waals surface area contributed by atoms with Crippen LogP contribution in [0.5, 0.6) is 0 Å². The first-order chi connectivity index (χ1) is 7.65. The molecule has 0 unspecified atom stereocenters. The largest absolute Gasteiger partial charge is 0.374 e. The Morgan fingerprint density at radius 3 is 2.81 bits per heavy atom. The molecule has 1 aromatic rings. The second-order valence-corrected chi connectivity index (χ2v) is 4.56. The normalized spacial score (nSPS) is 10.8. The Bertz CT molecular complexity index is 310. The van der Waals surface area contributed by atoms with E-state index in [0.29, 0.717) is 5.92 Å². The van der Waals surface area contributed by atoms with Crippen LogP contribution in [0.4, 0.5) is 5.69 Å². The summed E-state index contributed by atoms with van der Waals surface area (Å²) < 4.78 is 0. The number of aromatic nitrogens is 1. The predicted octanol–water partition coefficient (Wildman–Crippen LogP) is 2.28. The number of pyridine rings is 1. The van der Waals surface area contributed by atoms with Gasteiger partial charge in [-0.25, -0.2) is 0 Å². The zero-order chi connectivity index (χ0) is 12.0. The maximum Gasteiger partial charge on any atom is 0.0440 e. The molecule has 0 bridgehead atoms. The highest BCUT2D eigenvalue weighted by Crippen LogP contribution is 2.18. The summed E-state index contributed by atoms with van der Waals surface area (Å²) >= 11 is 0. The molecule has 1 heterocycles. The van der Waals surface area contributed by atoms with E-state index in [-0.39, 0.29) is 0 Å². The fraction of sp³-hybridized carbons (Fsp3) is 0.615. The molecule has 0 saturated carbocycles. The van der Waals surface area contributed by atoms with Gasteiger partial charge in [-0.05, 0) is 18.5 Å². The van der Waals surface area contributed by atoms with Gasteiger partial charge in [-0.3, -0.25) is 4.98 Å². The van der Waals surface area contributed by atoms with Gasteiger partial charge in [0.25, 0.3) is 0 Å². The molecule has 0 aromatic carbocycles. The van der Waals surface area contributed by atoms with E-state index in [1.54, 1.807) is 0 Å². The lowest BCUT2D eigenvalue weighted by Gasteiger charge is -2.24. The van der Waals surface area contributed by atoms with Gasteiger partial charge in [0.2, 0.25) is 0 Å². The fourth-order valence-electron chi connectivity index (χ4n) is 1.83. The molecule has 1 N–H and O–H groups in total. The molecule has 0 radical (unpaired) electrons. The van der Waals surface area contributed by atoms with E-state index >= 15 is 0 Å². The summed E-state index contributed by atoms with van der Waals surface area (Å²) in [7, 11) is 2.14. The van der Waals surface area contributed by atoms with Gasteiger partial charge in [0.05, 0.1) is 0 Å². The molecule has 90 valence electrons. The van der Waals surface area contributed by atoms with E-state index in [1.807, 2.05) is 12.4 Å². The zero-order valence-corrected chi connectivity index (χ0v) is 10.8. The van der Waals surface area contributed by atoms with Crippen LogP contribution in [0.25, 0.3) is 0 Å². The summed E-state index contributed by atoms with van der Waals surface area (Å²) in [4.78, 5) is 6.50. The Labute approximate surface area is 98.9 Å².